The zero-order valence-electron chi connectivity index (χ0n) is 19.0. The molecule has 4 aromatic rings. The fourth-order valence-corrected chi connectivity index (χ4v) is 7.85. The summed E-state index contributed by atoms with van der Waals surface area (Å²) in [4.78, 5) is 30.5. The molecule has 1 aliphatic heterocycles. The van der Waals surface area contributed by atoms with E-state index in [2.05, 4.69) is 51.2 Å². The number of phenolic OH excluding ortho intramolecular Hbond substituents is 1. The van der Waals surface area contributed by atoms with Gasteiger partial charge in [-0.05, 0) is 92.9 Å². The van der Waals surface area contributed by atoms with Crippen molar-refractivity contribution in [2.24, 2.45) is 4.99 Å². The van der Waals surface area contributed by atoms with Gasteiger partial charge >= 0.3 is 0 Å². The van der Waals surface area contributed by atoms with E-state index >= 15 is 0 Å². The summed E-state index contributed by atoms with van der Waals surface area (Å²) in [5, 5.41) is 22.2. The monoisotopic (exact) mass is 733 g/mol. The second-order valence-corrected chi connectivity index (χ2v) is 12.2. The third-order valence-corrected chi connectivity index (χ3v) is 9.04. The molecule has 0 amide bonds. The molecule has 0 bridgehead atoms. The number of phenols is 1. The summed E-state index contributed by atoms with van der Waals surface area (Å²) in [5.41, 5.74) is 5.01. The van der Waals surface area contributed by atoms with Gasteiger partial charge in [0.25, 0.3) is 11.2 Å². The molecule has 0 fully saturated rings. The lowest BCUT2D eigenvalue weighted by Gasteiger charge is -2.30. The minimum absolute atomic E-state index is 0.0201. The number of halogens is 2. The minimum Gasteiger partial charge on any atom is -0.506 e. The van der Waals surface area contributed by atoms with Gasteiger partial charge in [0.1, 0.15) is 5.75 Å². The van der Waals surface area contributed by atoms with Crippen LogP contribution >= 0.6 is 56.5 Å². The van der Waals surface area contributed by atoms with Crippen molar-refractivity contribution in [3.8, 4) is 5.75 Å². The first-order valence-electron chi connectivity index (χ1n) is 11.4. The first-order chi connectivity index (χ1) is 17.8. The number of allylic oxidation sites excluding steroid dienone is 1. The Bertz CT molecular complexity index is 1840. The molecule has 1 atom stereocenters. The van der Waals surface area contributed by atoms with Crippen molar-refractivity contribution < 1.29 is 10.0 Å². The Kier molecular flexibility index (Phi) is 6.27. The van der Waals surface area contributed by atoms with Gasteiger partial charge in [0, 0.05) is 26.8 Å². The van der Waals surface area contributed by atoms with Crippen molar-refractivity contribution in [3.05, 3.63) is 125 Å². The van der Waals surface area contributed by atoms with Gasteiger partial charge in [-0.2, -0.15) is 0 Å². The molecule has 1 N–H and O–H groups in total. The first-order valence-corrected chi connectivity index (χ1v) is 14.3. The summed E-state index contributed by atoms with van der Waals surface area (Å²) in [6, 6.07) is 17.8. The fraction of sp³-hybridized carbons (Fsp3) is 0.111. The maximum atomic E-state index is 13.9. The molecule has 2 aliphatic rings. The number of hydrogen-bond acceptors (Lipinski definition) is 6. The highest BCUT2D eigenvalue weighted by Gasteiger charge is 2.33. The number of aromatic nitrogens is 1. The van der Waals surface area contributed by atoms with Crippen LogP contribution in [0.4, 0.5) is 5.69 Å². The van der Waals surface area contributed by atoms with Crippen LogP contribution in [0.15, 0.2) is 76.0 Å². The summed E-state index contributed by atoms with van der Waals surface area (Å²) in [7, 11) is 0. The van der Waals surface area contributed by atoms with Crippen LogP contribution in [0.1, 0.15) is 34.7 Å². The number of aromatic hydroxyl groups is 1. The molecule has 3 aromatic carbocycles. The van der Waals surface area contributed by atoms with Gasteiger partial charge < -0.3 is 5.11 Å². The first kappa shape index (κ1) is 24.5. The molecule has 37 heavy (non-hydrogen) atoms. The van der Waals surface area contributed by atoms with Gasteiger partial charge in [-0.1, -0.05) is 47.7 Å². The van der Waals surface area contributed by atoms with Gasteiger partial charge in [0.15, 0.2) is 4.80 Å². The average molecular weight is 733 g/mol. The zero-order chi connectivity index (χ0) is 25.8. The van der Waals surface area contributed by atoms with E-state index in [4.69, 9.17) is 4.99 Å². The Morgan fingerprint density at radius 2 is 1.92 bits per heavy atom. The zero-order valence-corrected chi connectivity index (χ0v) is 24.2. The maximum absolute atomic E-state index is 13.9. The highest BCUT2D eigenvalue weighted by molar-refractivity contribution is 14.1. The predicted molar refractivity (Wildman–Crippen MR) is 159 cm³/mol. The van der Waals surface area contributed by atoms with Crippen molar-refractivity contribution in [1.29, 1.82) is 0 Å². The van der Waals surface area contributed by atoms with E-state index < -0.39 is 11.0 Å². The van der Waals surface area contributed by atoms with Gasteiger partial charge in [0.2, 0.25) is 0 Å². The van der Waals surface area contributed by atoms with Gasteiger partial charge in [-0.3, -0.25) is 19.5 Å². The van der Waals surface area contributed by atoms with E-state index in [-0.39, 0.29) is 17.0 Å². The molecule has 0 spiro atoms. The van der Waals surface area contributed by atoms with Crippen molar-refractivity contribution in [2.45, 2.75) is 18.9 Å². The number of non-ortho nitro benzene ring substituents is 1. The molecule has 7 nitrogen and oxygen atoms in total. The lowest BCUT2D eigenvalue weighted by atomic mass is 9.83. The highest BCUT2D eigenvalue weighted by atomic mass is 127. The van der Waals surface area contributed by atoms with Crippen LogP contribution in [0.5, 0.6) is 5.75 Å². The van der Waals surface area contributed by atoms with Crippen molar-refractivity contribution in [3.63, 3.8) is 0 Å². The Morgan fingerprint density at radius 3 is 2.73 bits per heavy atom. The Labute approximate surface area is 241 Å². The molecule has 1 aliphatic carbocycles. The number of fused-ring (bicyclic) bond motifs is 3. The molecule has 2 heterocycles. The second kappa shape index (κ2) is 9.48. The molecule has 0 saturated heterocycles. The number of benzene rings is 3. The Morgan fingerprint density at radius 1 is 1.11 bits per heavy atom. The number of nitrogens with zero attached hydrogens (tertiary/aromatic N) is 3. The second-order valence-electron chi connectivity index (χ2n) is 8.79. The molecule has 184 valence electrons. The lowest BCUT2D eigenvalue weighted by molar-refractivity contribution is -0.384. The van der Waals surface area contributed by atoms with Crippen LogP contribution in [0.25, 0.3) is 11.8 Å². The Hall–Kier alpha value is -2.84. The molecule has 0 unspecified atom stereocenters. The molecular weight excluding hydrogens is 716 g/mol. The fourth-order valence-electron chi connectivity index (χ4n) is 4.97. The third kappa shape index (κ3) is 4.24. The normalized spacial score (nSPS) is 16.6. The van der Waals surface area contributed by atoms with Gasteiger partial charge in [-0.25, -0.2) is 4.99 Å². The molecular formula is C27H17I2N3O4S. The van der Waals surface area contributed by atoms with Gasteiger partial charge in [0.05, 0.1) is 24.8 Å². The number of hydrogen-bond donors (Lipinski definition) is 1. The van der Waals surface area contributed by atoms with E-state index in [9.17, 15) is 20.0 Å². The lowest BCUT2D eigenvalue weighted by Crippen LogP contribution is -2.38. The van der Waals surface area contributed by atoms with Crippen LogP contribution in [0.2, 0.25) is 0 Å². The number of rotatable bonds is 3. The minimum atomic E-state index is -0.508. The largest absolute Gasteiger partial charge is 0.506 e. The molecule has 0 radical (unpaired) electrons. The topological polar surface area (TPSA) is 97.7 Å². The predicted octanol–water partition coefficient (Wildman–Crippen LogP) is 5.14. The molecule has 0 saturated carbocycles. The quantitative estimate of drug-likeness (QED) is 0.179. The van der Waals surface area contributed by atoms with Crippen LogP contribution < -0.4 is 14.9 Å². The van der Waals surface area contributed by atoms with Crippen molar-refractivity contribution >= 4 is 74.0 Å². The molecule has 10 heteroatoms. The summed E-state index contributed by atoms with van der Waals surface area (Å²) in [5.74, 6) is 0.121. The number of thiazole rings is 1. The average Bonchev–Trinajstić information content (AvgIpc) is 3.20. The van der Waals surface area contributed by atoms with Crippen LogP contribution in [-0.2, 0) is 6.42 Å². The molecule has 1 aromatic heterocycles. The van der Waals surface area contributed by atoms with E-state index in [1.807, 2.05) is 36.4 Å². The van der Waals surface area contributed by atoms with Crippen LogP contribution in [-0.4, -0.2) is 14.6 Å². The highest BCUT2D eigenvalue weighted by Crippen LogP contribution is 2.41. The maximum Gasteiger partial charge on any atom is 0.271 e. The third-order valence-electron chi connectivity index (χ3n) is 6.61. The van der Waals surface area contributed by atoms with Crippen LogP contribution in [0, 0.1) is 17.3 Å². The number of nitro benzene ring substituents is 1. The standard InChI is InChI=1S/C27H17I2N3O4S/c28-17-10-16(25(33)21(29)13-17)12-22-26(34)31-24(15-5-3-6-18(11-15)32(35)36)20-9-8-14-4-1-2-7-19(14)23(20)30-27(31)37-22/h1-7,10-13,24,33H,8-9H2/b22-12+/t24-/m0/s1. The summed E-state index contributed by atoms with van der Waals surface area (Å²) in [6.45, 7) is 0. The van der Waals surface area contributed by atoms with E-state index in [0.717, 1.165) is 26.8 Å². The van der Waals surface area contributed by atoms with Crippen molar-refractivity contribution in [1.82, 2.24) is 4.57 Å². The van der Waals surface area contributed by atoms with Gasteiger partial charge in [-0.15, -0.1) is 0 Å². The summed E-state index contributed by atoms with van der Waals surface area (Å²) < 4.78 is 3.74. The summed E-state index contributed by atoms with van der Waals surface area (Å²) >= 11 is 5.51. The Balaban J connectivity index is 1.64. The number of nitro groups is 1. The van der Waals surface area contributed by atoms with E-state index in [0.29, 0.717) is 30.5 Å². The number of aryl methyl sites for hydroxylation is 1. The van der Waals surface area contributed by atoms with E-state index in [1.54, 1.807) is 22.8 Å². The van der Waals surface area contributed by atoms with Crippen molar-refractivity contribution in [2.75, 3.05) is 0 Å². The SMILES string of the molecule is O=c1/c(=C\c2cc(I)cc(I)c2O)sc2n1[C@@H](c1cccc([N+](=O)[O-])c1)C1=C(N=2)c2ccccc2CC1. The van der Waals surface area contributed by atoms with Crippen LogP contribution in [0.3, 0.4) is 0 Å². The summed E-state index contributed by atoms with van der Waals surface area (Å²) in [6.07, 6.45) is 3.20. The van der Waals surface area contributed by atoms with E-state index in [1.165, 1.54) is 23.0 Å². The molecule has 6 rings (SSSR count). The smallest absolute Gasteiger partial charge is 0.271 e.